The number of carbonyl (C=O) groups is 1. The molecule has 0 aliphatic heterocycles. The first-order valence-electron chi connectivity index (χ1n) is 7.72. The largest absolute Gasteiger partial charge is 0.325 e. The molecular formula is C19H16N2O3S. The molecule has 0 aliphatic rings. The Kier molecular flexibility index (Phi) is 5.30. The van der Waals surface area contributed by atoms with E-state index in [1.165, 1.54) is 23.9 Å². The number of rotatable bonds is 6. The van der Waals surface area contributed by atoms with Crippen molar-refractivity contribution in [2.45, 2.75) is 5.75 Å². The van der Waals surface area contributed by atoms with Crippen LogP contribution in [0.25, 0.3) is 10.8 Å². The van der Waals surface area contributed by atoms with Gasteiger partial charge in [0.1, 0.15) is 0 Å². The Morgan fingerprint density at radius 3 is 2.64 bits per heavy atom. The Balaban J connectivity index is 1.58. The molecule has 0 aliphatic carbocycles. The number of nitrogens with one attached hydrogen (secondary N) is 1. The van der Waals surface area contributed by atoms with Crippen molar-refractivity contribution in [3.63, 3.8) is 0 Å². The van der Waals surface area contributed by atoms with Crippen LogP contribution in [0.15, 0.2) is 66.7 Å². The molecule has 5 nitrogen and oxygen atoms in total. The Bertz CT molecular complexity index is 922. The number of fused-ring (bicyclic) bond motifs is 1. The summed E-state index contributed by atoms with van der Waals surface area (Å²) in [6.45, 7) is 0. The first-order valence-corrected chi connectivity index (χ1v) is 8.87. The van der Waals surface area contributed by atoms with E-state index in [2.05, 4.69) is 5.32 Å². The molecule has 0 aromatic heterocycles. The number of carbonyl (C=O) groups excluding carboxylic acids is 1. The van der Waals surface area contributed by atoms with Crippen molar-refractivity contribution in [2.75, 3.05) is 11.1 Å². The zero-order valence-electron chi connectivity index (χ0n) is 13.3. The van der Waals surface area contributed by atoms with E-state index in [4.69, 9.17) is 0 Å². The maximum Gasteiger partial charge on any atom is 0.269 e. The van der Waals surface area contributed by atoms with Crippen molar-refractivity contribution >= 4 is 39.8 Å². The van der Waals surface area contributed by atoms with Crippen molar-refractivity contribution in [1.29, 1.82) is 0 Å². The number of amides is 1. The van der Waals surface area contributed by atoms with E-state index in [1.54, 1.807) is 6.07 Å². The molecule has 0 radical (unpaired) electrons. The van der Waals surface area contributed by atoms with Gasteiger partial charge in [-0.1, -0.05) is 48.5 Å². The van der Waals surface area contributed by atoms with Gasteiger partial charge in [0, 0.05) is 29.0 Å². The first-order chi connectivity index (χ1) is 12.1. The highest BCUT2D eigenvalue weighted by Crippen LogP contribution is 2.23. The lowest BCUT2D eigenvalue weighted by Crippen LogP contribution is -2.14. The predicted molar refractivity (Wildman–Crippen MR) is 102 cm³/mol. The minimum absolute atomic E-state index is 0.0679. The number of benzene rings is 3. The summed E-state index contributed by atoms with van der Waals surface area (Å²) in [7, 11) is 0. The van der Waals surface area contributed by atoms with Gasteiger partial charge in [-0.15, -0.1) is 11.8 Å². The van der Waals surface area contributed by atoms with E-state index in [0.717, 1.165) is 22.0 Å². The van der Waals surface area contributed by atoms with Gasteiger partial charge >= 0.3 is 0 Å². The van der Waals surface area contributed by atoms with Crippen LogP contribution in [-0.2, 0) is 10.5 Å². The fourth-order valence-corrected chi connectivity index (χ4v) is 3.32. The van der Waals surface area contributed by atoms with Gasteiger partial charge in [0.2, 0.25) is 5.91 Å². The van der Waals surface area contributed by atoms with Gasteiger partial charge in [0.15, 0.2) is 0 Å². The number of hydrogen-bond acceptors (Lipinski definition) is 4. The molecule has 126 valence electrons. The van der Waals surface area contributed by atoms with E-state index in [1.807, 2.05) is 48.5 Å². The van der Waals surface area contributed by atoms with Crippen LogP contribution >= 0.6 is 11.8 Å². The number of nitro groups is 1. The quantitative estimate of drug-likeness (QED) is 0.519. The van der Waals surface area contributed by atoms with Crippen LogP contribution in [-0.4, -0.2) is 16.6 Å². The second-order valence-electron chi connectivity index (χ2n) is 5.49. The number of nitrogens with zero attached hydrogens (tertiary/aromatic N) is 1. The van der Waals surface area contributed by atoms with Crippen molar-refractivity contribution < 1.29 is 9.72 Å². The van der Waals surface area contributed by atoms with E-state index in [9.17, 15) is 14.9 Å². The fourth-order valence-electron chi connectivity index (χ4n) is 2.54. The molecule has 3 aromatic carbocycles. The van der Waals surface area contributed by atoms with Crippen molar-refractivity contribution in [3.05, 3.63) is 82.4 Å². The standard InChI is InChI=1S/C19H16N2O3S/c22-19(13-25-12-14-5-3-8-16(11-14)21(23)24)20-18-10-4-7-15-6-1-2-9-17(15)18/h1-11H,12-13H2,(H,20,22). The maximum atomic E-state index is 12.2. The molecule has 3 aromatic rings. The van der Waals surface area contributed by atoms with Crippen LogP contribution in [0.4, 0.5) is 11.4 Å². The van der Waals surface area contributed by atoms with Crippen LogP contribution < -0.4 is 5.32 Å². The summed E-state index contributed by atoms with van der Waals surface area (Å²) in [6.07, 6.45) is 0. The number of nitro benzene ring substituents is 1. The fraction of sp³-hybridized carbons (Fsp3) is 0.105. The van der Waals surface area contributed by atoms with Gasteiger partial charge in [0.05, 0.1) is 10.7 Å². The molecule has 6 heteroatoms. The SMILES string of the molecule is O=C(CSCc1cccc([N+](=O)[O-])c1)Nc1cccc2ccccc12. The van der Waals surface area contributed by atoms with Gasteiger partial charge in [-0.05, 0) is 17.0 Å². The van der Waals surface area contributed by atoms with Crippen molar-refractivity contribution in [2.24, 2.45) is 0 Å². The highest BCUT2D eigenvalue weighted by atomic mass is 32.2. The molecule has 3 rings (SSSR count). The summed E-state index contributed by atoms with van der Waals surface area (Å²) in [5, 5.41) is 15.8. The normalized spacial score (nSPS) is 10.6. The highest BCUT2D eigenvalue weighted by Gasteiger charge is 2.08. The Hall–Kier alpha value is -2.86. The summed E-state index contributed by atoms with van der Waals surface area (Å²) in [6, 6.07) is 20.1. The van der Waals surface area contributed by atoms with E-state index in [-0.39, 0.29) is 17.3 Å². The monoisotopic (exact) mass is 352 g/mol. The third-order valence-corrected chi connectivity index (χ3v) is 4.69. The van der Waals surface area contributed by atoms with Crippen molar-refractivity contribution in [1.82, 2.24) is 0 Å². The van der Waals surface area contributed by atoms with Crippen LogP contribution in [0.1, 0.15) is 5.56 Å². The third-order valence-electron chi connectivity index (χ3n) is 3.69. The third kappa shape index (κ3) is 4.36. The van der Waals surface area contributed by atoms with Crippen molar-refractivity contribution in [3.8, 4) is 0 Å². The number of anilines is 1. The van der Waals surface area contributed by atoms with Gasteiger partial charge in [0.25, 0.3) is 5.69 Å². The second kappa shape index (κ2) is 7.81. The average Bonchev–Trinajstić information content (AvgIpc) is 2.62. The molecule has 0 saturated carbocycles. The number of non-ortho nitro benzene ring substituents is 1. The highest BCUT2D eigenvalue weighted by molar-refractivity contribution is 7.99. The van der Waals surface area contributed by atoms with E-state index in [0.29, 0.717) is 5.75 Å². The molecule has 1 amide bonds. The zero-order valence-corrected chi connectivity index (χ0v) is 14.2. The lowest BCUT2D eigenvalue weighted by atomic mass is 10.1. The van der Waals surface area contributed by atoms with Crippen LogP contribution in [0.3, 0.4) is 0 Å². The summed E-state index contributed by atoms with van der Waals surface area (Å²) < 4.78 is 0. The summed E-state index contributed by atoms with van der Waals surface area (Å²) in [4.78, 5) is 22.5. The second-order valence-corrected chi connectivity index (χ2v) is 6.48. The van der Waals surface area contributed by atoms with Gasteiger partial charge in [-0.2, -0.15) is 0 Å². The molecule has 0 heterocycles. The Morgan fingerprint density at radius 1 is 1.04 bits per heavy atom. The molecule has 0 atom stereocenters. The molecule has 0 fully saturated rings. The van der Waals surface area contributed by atoms with Crippen LogP contribution in [0.2, 0.25) is 0 Å². The maximum absolute atomic E-state index is 12.2. The molecule has 1 N–H and O–H groups in total. The Labute approximate surface area is 149 Å². The molecule has 0 spiro atoms. The van der Waals surface area contributed by atoms with Crippen LogP contribution in [0, 0.1) is 10.1 Å². The smallest absolute Gasteiger partial charge is 0.269 e. The lowest BCUT2D eigenvalue weighted by Gasteiger charge is -2.08. The minimum atomic E-state index is -0.415. The summed E-state index contributed by atoms with van der Waals surface area (Å²) in [5.41, 5.74) is 1.69. The van der Waals surface area contributed by atoms with Crippen LogP contribution in [0.5, 0.6) is 0 Å². The van der Waals surface area contributed by atoms with Gasteiger partial charge < -0.3 is 5.32 Å². The van der Waals surface area contributed by atoms with Gasteiger partial charge in [-0.3, -0.25) is 14.9 Å². The molecule has 0 bridgehead atoms. The summed E-state index contributed by atoms with van der Waals surface area (Å²) >= 11 is 1.42. The minimum Gasteiger partial charge on any atom is -0.325 e. The van der Waals surface area contributed by atoms with E-state index >= 15 is 0 Å². The summed E-state index contributed by atoms with van der Waals surface area (Å²) in [5.74, 6) is 0.739. The Morgan fingerprint density at radius 2 is 1.80 bits per heavy atom. The van der Waals surface area contributed by atoms with Gasteiger partial charge in [-0.25, -0.2) is 0 Å². The lowest BCUT2D eigenvalue weighted by molar-refractivity contribution is -0.384. The molecule has 0 unspecified atom stereocenters. The predicted octanol–water partition coefficient (Wildman–Crippen LogP) is 4.62. The first kappa shape index (κ1) is 17.0. The number of thioether (sulfide) groups is 1. The zero-order chi connectivity index (χ0) is 17.6. The molecular weight excluding hydrogens is 336 g/mol. The average molecular weight is 352 g/mol. The van der Waals surface area contributed by atoms with E-state index < -0.39 is 4.92 Å². The topological polar surface area (TPSA) is 72.2 Å². The molecule has 25 heavy (non-hydrogen) atoms. The molecule has 0 saturated heterocycles. The number of hydrogen-bond donors (Lipinski definition) is 1.